The molecule has 2 aromatic rings. The fourth-order valence-electron chi connectivity index (χ4n) is 2.96. The van der Waals surface area contributed by atoms with Crippen LogP contribution in [-0.2, 0) is 21.2 Å². The van der Waals surface area contributed by atoms with Crippen molar-refractivity contribution in [2.24, 2.45) is 0 Å². The van der Waals surface area contributed by atoms with Crippen LogP contribution >= 0.6 is 0 Å². The highest BCUT2D eigenvalue weighted by molar-refractivity contribution is 7.92. The normalized spacial score (nSPS) is 15.9. The SMILES string of the molecule is O=C(CS(=O)(=O)c1ccccc1)N1CCN(Cc2ccccc2)CC1. The minimum atomic E-state index is -3.58. The zero-order chi connectivity index (χ0) is 17.7. The summed E-state index contributed by atoms with van der Waals surface area (Å²) in [5, 5.41) is 0. The van der Waals surface area contributed by atoms with Crippen molar-refractivity contribution in [1.82, 2.24) is 9.80 Å². The van der Waals surface area contributed by atoms with Gasteiger partial charge in [-0.05, 0) is 17.7 Å². The van der Waals surface area contributed by atoms with Crippen LogP contribution in [0.2, 0.25) is 0 Å². The van der Waals surface area contributed by atoms with Crippen molar-refractivity contribution in [2.75, 3.05) is 31.9 Å². The van der Waals surface area contributed by atoms with E-state index < -0.39 is 15.6 Å². The van der Waals surface area contributed by atoms with Gasteiger partial charge in [0, 0.05) is 32.7 Å². The summed E-state index contributed by atoms with van der Waals surface area (Å²) in [6.45, 7) is 3.50. The minimum Gasteiger partial charge on any atom is -0.339 e. The van der Waals surface area contributed by atoms with Crippen molar-refractivity contribution in [3.8, 4) is 0 Å². The van der Waals surface area contributed by atoms with Gasteiger partial charge in [0.2, 0.25) is 5.91 Å². The van der Waals surface area contributed by atoms with Crippen LogP contribution in [0.15, 0.2) is 65.6 Å². The van der Waals surface area contributed by atoms with Gasteiger partial charge in [-0.3, -0.25) is 9.69 Å². The van der Waals surface area contributed by atoms with Gasteiger partial charge in [0.05, 0.1) is 4.90 Å². The Bertz CT molecular complexity index is 799. The number of hydrogen-bond acceptors (Lipinski definition) is 4. The average Bonchev–Trinajstić information content (AvgIpc) is 2.63. The molecule has 1 heterocycles. The van der Waals surface area contributed by atoms with Crippen LogP contribution < -0.4 is 0 Å². The number of nitrogens with zero attached hydrogens (tertiary/aromatic N) is 2. The number of benzene rings is 2. The molecule has 132 valence electrons. The summed E-state index contributed by atoms with van der Waals surface area (Å²) in [5.74, 6) is -0.779. The lowest BCUT2D eigenvalue weighted by Gasteiger charge is -2.34. The lowest BCUT2D eigenvalue weighted by Crippen LogP contribution is -2.49. The van der Waals surface area contributed by atoms with Crippen molar-refractivity contribution in [1.29, 1.82) is 0 Å². The Balaban J connectivity index is 1.53. The lowest BCUT2D eigenvalue weighted by molar-refractivity contribution is -0.130. The van der Waals surface area contributed by atoms with Gasteiger partial charge >= 0.3 is 0 Å². The molecule has 5 nitrogen and oxygen atoms in total. The fraction of sp³-hybridized carbons (Fsp3) is 0.316. The van der Waals surface area contributed by atoms with E-state index in [-0.39, 0.29) is 10.8 Å². The zero-order valence-corrected chi connectivity index (χ0v) is 14.9. The summed E-state index contributed by atoms with van der Waals surface area (Å²) < 4.78 is 24.7. The maximum absolute atomic E-state index is 12.4. The standard InChI is InChI=1S/C19H22N2O3S/c22-19(16-25(23,24)18-9-5-2-6-10-18)21-13-11-20(12-14-21)15-17-7-3-1-4-8-17/h1-10H,11-16H2. The Morgan fingerprint density at radius 1 is 0.840 bits per heavy atom. The Kier molecular flexibility index (Phi) is 5.50. The molecular weight excluding hydrogens is 336 g/mol. The van der Waals surface area contributed by atoms with E-state index in [2.05, 4.69) is 17.0 Å². The van der Waals surface area contributed by atoms with Crippen LogP contribution in [0.25, 0.3) is 0 Å². The zero-order valence-electron chi connectivity index (χ0n) is 14.0. The fourth-order valence-corrected chi connectivity index (χ4v) is 4.21. The monoisotopic (exact) mass is 358 g/mol. The van der Waals surface area contributed by atoms with E-state index in [9.17, 15) is 13.2 Å². The largest absolute Gasteiger partial charge is 0.339 e. The summed E-state index contributed by atoms with van der Waals surface area (Å²) in [6.07, 6.45) is 0. The number of hydrogen-bond donors (Lipinski definition) is 0. The van der Waals surface area contributed by atoms with Crippen molar-refractivity contribution >= 4 is 15.7 Å². The Morgan fingerprint density at radius 3 is 2.00 bits per heavy atom. The maximum Gasteiger partial charge on any atom is 0.238 e. The molecule has 0 radical (unpaired) electrons. The number of carbonyl (C=O) groups is 1. The first-order valence-electron chi connectivity index (χ1n) is 8.36. The van der Waals surface area contributed by atoms with E-state index in [1.807, 2.05) is 18.2 Å². The van der Waals surface area contributed by atoms with Crippen LogP contribution in [0.1, 0.15) is 5.56 Å². The van der Waals surface area contributed by atoms with E-state index in [4.69, 9.17) is 0 Å². The number of rotatable bonds is 5. The quantitative estimate of drug-likeness (QED) is 0.818. The van der Waals surface area contributed by atoms with E-state index in [1.54, 1.807) is 23.1 Å². The van der Waals surface area contributed by atoms with Crippen molar-refractivity contribution in [3.63, 3.8) is 0 Å². The first-order valence-corrected chi connectivity index (χ1v) is 10.0. The van der Waals surface area contributed by atoms with Crippen molar-refractivity contribution in [2.45, 2.75) is 11.4 Å². The second kappa shape index (κ2) is 7.80. The molecule has 0 aromatic heterocycles. The molecule has 0 atom stereocenters. The number of amides is 1. The van der Waals surface area contributed by atoms with E-state index in [0.29, 0.717) is 13.1 Å². The highest BCUT2D eigenvalue weighted by Gasteiger charge is 2.26. The molecule has 0 spiro atoms. The topological polar surface area (TPSA) is 57.7 Å². The Labute approximate surface area is 148 Å². The molecule has 1 aliphatic heterocycles. The molecular formula is C19H22N2O3S. The molecule has 1 fully saturated rings. The number of carbonyl (C=O) groups excluding carboxylic acids is 1. The van der Waals surface area contributed by atoms with Crippen LogP contribution in [-0.4, -0.2) is 56.1 Å². The summed E-state index contributed by atoms with van der Waals surface area (Å²) in [7, 11) is -3.58. The van der Waals surface area contributed by atoms with Crippen LogP contribution in [0.3, 0.4) is 0 Å². The van der Waals surface area contributed by atoms with Crippen molar-refractivity contribution in [3.05, 3.63) is 66.2 Å². The predicted octanol–water partition coefficient (Wildman–Crippen LogP) is 1.80. The second-order valence-corrected chi connectivity index (χ2v) is 8.20. The Hall–Kier alpha value is -2.18. The average molecular weight is 358 g/mol. The van der Waals surface area contributed by atoms with Crippen LogP contribution in [0.5, 0.6) is 0 Å². The number of piperazine rings is 1. The first-order chi connectivity index (χ1) is 12.0. The third-order valence-electron chi connectivity index (χ3n) is 4.39. The molecule has 3 rings (SSSR count). The molecule has 1 aliphatic rings. The second-order valence-electron chi connectivity index (χ2n) is 6.21. The Morgan fingerprint density at radius 2 is 1.40 bits per heavy atom. The summed E-state index contributed by atoms with van der Waals surface area (Å²) in [5.41, 5.74) is 1.24. The minimum absolute atomic E-state index is 0.200. The van der Waals surface area contributed by atoms with Crippen LogP contribution in [0, 0.1) is 0 Å². The maximum atomic E-state index is 12.4. The molecule has 0 saturated carbocycles. The molecule has 0 bridgehead atoms. The first kappa shape index (κ1) is 17.6. The molecule has 0 aliphatic carbocycles. The van der Waals surface area contributed by atoms with Gasteiger partial charge in [-0.15, -0.1) is 0 Å². The van der Waals surface area contributed by atoms with E-state index >= 15 is 0 Å². The highest BCUT2D eigenvalue weighted by atomic mass is 32.2. The summed E-state index contributed by atoms with van der Waals surface area (Å²) in [6, 6.07) is 18.3. The van der Waals surface area contributed by atoms with Gasteiger partial charge in [-0.2, -0.15) is 0 Å². The lowest BCUT2D eigenvalue weighted by atomic mass is 10.2. The van der Waals surface area contributed by atoms with Crippen molar-refractivity contribution < 1.29 is 13.2 Å². The molecule has 0 N–H and O–H groups in total. The number of sulfone groups is 1. The molecule has 2 aromatic carbocycles. The smallest absolute Gasteiger partial charge is 0.238 e. The van der Waals surface area contributed by atoms with E-state index in [0.717, 1.165) is 19.6 Å². The summed E-state index contributed by atoms with van der Waals surface area (Å²) >= 11 is 0. The van der Waals surface area contributed by atoms with Gasteiger partial charge in [-0.25, -0.2) is 8.42 Å². The highest BCUT2D eigenvalue weighted by Crippen LogP contribution is 2.13. The third kappa shape index (κ3) is 4.67. The summed E-state index contributed by atoms with van der Waals surface area (Å²) in [4.78, 5) is 16.5. The molecule has 1 amide bonds. The molecule has 25 heavy (non-hydrogen) atoms. The van der Waals surface area contributed by atoms with Gasteiger partial charge in [0.25, 0.3) is 0 Å². The molecule has 1 saturated heterocycles. The van der Waals surface area contributed by atoms with E-state index in [1.165, 1.54) is 17.7 Å². The van der Waals surface area contributed by atoms with Gasteiger partial charge in [0.1, 0.15) is 5.75 Å². The van der Waals surface area contributed by atoms with Crippen LogP contribution in [0.4, 0.5) is 0 Å². The molecule has 0 unspecified atom stereocenters. The van der Waals surface area contributed by atoms with Gasteiger partial charge in [-0.1, -0.05) is 48.5 Å². The third-order valence-corrected chi connectivity index (χ3v) is 6.01. The molecule has 6 heteroatoms. The predicted molar refractivity (Wildman–Crippen MR) is 96.8 cm³/mol. The van der Waals surface area contributed by atoms with Gasteiger partial charge < -0.3 is 4.90 Å². The van der Waals surface area contributed by atoms with Gasteiger partial charge in [0.15, 0.2) is 9.84 Å².